The molecule has 4 heteroatoms. The van der Waals surface area contributed by atoms with Crippen molar-refractivity contribution >= 4 is 21.4 Å². The second kappa shape index (κ2) is 8.53. The van der Waals surface area contributed by atoms with Gasteiger partial charge in [-0.25, -0.2) is 0 Å². The molecule has 0 spiro atoms. The highest BCUT2D eigenvalue weighted by Crippen LogP contribution is 2.33. The minimum absolute atomic E-state index is 0.109. The molecule has 0 amide bonds. The van der Waals surface area contributed by atoms with E-state index in [1.165, 1.54) is 15.6 Å². The standard InChI is InChI=1S/C23H27NO2S/c1-17(23(25)21-16-27-22-10-6-5-9-20(21)22)24-13-11-19(12-14-24)26-15-18-7-3-2-4-8-18/h2-10,16-17,19,23,25H,11-15H2,1H3/t17-,23+/m1/s1. The van der Waals surface area contributed by atoms with E-state index in [1.54, 1.807) is 11.3 Å². The number of hydrogen-bond acceptors (Lipinski definition) is 4. The van der Waals surface area contributed by atoms with E-state index in [4.69, 9.17) is 4.74 Å². The van der Waals surface area contributed by atoms with Crippen molar-refractivity contribution < 1.29 is 9.84 Å². The number of nitrogens with zero attached hydrogens (tertiary/aromatic N) is 1. The van der Waals surface area contributed by atoms with Crippen molar-refractivity contribution in [2.45, 2.75) is 44.6 Å². The third kappa shape index (κ3) is 4.25. The van der Waals surface area contributed by atoms with Gasteiger partial charge in [0.25, 0.3) is 0 Å². The molecule has 3 aromatic rings. The Morgan fingerprint density at radius 1 is 1.07 bits per heavy atom. The summed E-state index contributed by atoms with van der Waals surface area (Å²) in [5.41, 5.74) is 2.29. The fourth-order valence-corrected chi connectivity index (χ4v) is 4.92. The number of benzene rings is 2. The molecule has 142 valence electrons. The van der Waals surface area contributed by atoms with Gasteiger partial charge in [-0.05, 0) is 42.2 Å². The van der Waals surface area contributed by atoms with Gasteiger partial charge in [0.1, 0.15) is 0 Å². The normalized spacial score (nSPS) is 18.6. The maximum Gasteiger partial charge on any atom is 0.0956 e. The summed E-state index contributed by atoms with van der Waals surface area (Å²) >= 11 is 1.71. The molecule has 1 N–H and O–H groups in total. The quantitative estimate of drug-likeness (QED) is 0.652. The number of rotatable bonds is 6. The molecule has 0 unspecified atom stereocenters. The summed E-state index contributed by atoms with van der Waals surface area (Å²) in [5.74, 6) is 0. The molecule has 4 rings (SSSR count). The third-order valence-electron chi connectivity index (χ3n) is 5.67. The van der Waals surface area contributed by atoms with Gasteiger partial charge in [0.2, 0.25) is 0 Å². The van der Waals surface area contributed by atoms with Crippen LogP contribution in [0.4, 0.5) is 0 Å². The Labute approximate surface area is 165 Å². The molecule has 1 fully saturated rings. The van der Waals surface area contributed by atoms with Crippen molar-refractivity contribution in [2.75, 3.05) is 13.1 Å². The highest BCUT2D eigenvalue weighted by molar-refractivity contribution is 7.17. The van der Waals surface area contributed by atoms with Crippen LogP contribution in [0.3, 0.4) is 0 Å². The molecule has 0 bridgehead atoms. The van der Waals surface area contributed by atoms with Crippen molar-refractivity contribution in [3.63, 3.8) is 0 Å². The van der Waals surface area contributed by atoms with E-state index in [2.05, 4.69) is 59.7 Å². The average Bonchev–Trinajstić information content (AvgIpc) is 3.16. The molecule has 1 saturated heterocycles. The van der Waals surface area contributed by atoms with Crippen molar-refractivity contribution in [1.82, 2.24) is 4.90 Å². The maximum absolute atomic E-state index is 11.0. The van der Waals surface area contributed by atoms with Gasteiger partial charge in [-0.3, -0.25) is 4.90 Å². The molecule has 0 aliphatic carbocycles. The zero-order valence-electron chi connectivity index (χ0n) is 15.8. The topological polar surface area (TPSA) is 32.7 Å². The minimum Gasteiger partial charge on any atom is -0.387 e. The molecule has 3 nitrogen and oxygen atoms in total. The lowest BCUT2D eigenvalue weighted by Gasteiger charge is -2.37. The maximum atomic E-state index is 11.0. The summed E-state index contributed by atoms with van der Waals surface area (Å²) in [7, 11) is 0. The van der Waals surface area contributed by atoms with E-state index in [0.717, 1.165) is 31.5 Å². The van der Waals surface area contributed by atoms with Gasteiger partial charge in [-0.1, -0.05) is 48.5 Å². The zero-order valence-corrected chi connectivity index (χ0v) is 16.6. The number of fused-ring (bicyclic) bond motifs is 1. The van der Waals surface area contributed by atoms with Crippen molar-refractivity contribution in [3.05, 3.63) is 71.1 Å². The molecule has 2 aromatic carbocycles. The lowest BCUT2D eigenvalue weighted by atomic mass is 9.98. The molecule has 1 aromatic heterocycles. The summed E-state index contributed by atoms with van der Waals surface area (Å²) in [6, 6.07) is 18.8. The van der Waals surface area contributed by atoms with Gasteiger partial charge in [0, 0.05) is 29.4 Å². The first-order valence-electron chi connectivity index (χ1n) is 9.76. The number of piperidine rings is 1. The van der Waals surface area contributed by atoms with Gasteiger partial charge in [0.05, 0.1) is 18.8 Å². The summed E-state index contributed by atoms with van der Waals surface area (Å²) in [6.07, 6.45) is 1.90. The Hall–Kier alpha value is -1.72. The summed E-state index contributed by atoms with van der Waals surface area (Å²) in [5, 5.41) is 14.3. The summed E-state index contributed by atoms with van der Waals surface area (Å²) < 4.78 is 7.34. The first kappa shape index (κ1) is 18.6. The Morgan fingerprint density at radius 2 is 1.78 bits per heavy atom. The zero-order chi connectivity index (χ0) is 18.6. The van der Waals surface area contributed by atoms with E-state index >= 15 is 0 Å². The van der Waals surface area contributed by atoms with Crippen LogP contribution in [0.1, 0.15) is 37.0 Å². The van der Waals surface area contributed by atoms with Gasteiger partial charge in [0.15, 0.2) is 0 Å². The lowest BCUT2D eigenvalue weighted by molar-refractivity contribution is -0.0266. The minimum atomic E-state index is -0.456. The van der Waals surface area contributed by atoms with Crippen LogP contribution in [-0.4, -0.2) is 35.2 Å². The van der Waals surface area contributed by atoms with E-state index in [0.29, 0.717) is 12.7 Å². The van der Waals surface area contributed by atoms with Gasteiger partial charge < -0.3 is 9.84 Å². The van der Waals surface area contributed by atoms with E-state index in [9.17, 15) is 5.11 Å². The largest absolute Gasteiger partial charge is 0.387 e. The molecule has 1 aliphatic rings. The average molecular weight is 382 g/mol. The Balaban J connectivity index is 1.32. The number of aliphatic hydroxyl groups is 1. The van der Waals surface area contributed by atoms with Crippen LogP contribution in [-0.2, 0) is 11.3 Å². The number of aliphatic hydroxyl groups excluding tert-OH is 1. The number of thiophene rings is 1. The summed E-state index contributed by atoms with van der Waals surface area (Å²) in [6.45, 7) is 4.77. The van der Waals surface area contributed by atoms with Crippen LogP contribution in [0.2, 0.25) is 0 Å². The molecule has 1 aliphatic heterocycles. The molecule has 0 saturated carbocycles. The van der Waals surface area contributed by atoms with Gasteiger partial charge in [-0.2, -0.15) is 0 Å². The molecular weight excluding hydrogens is 354 g/mol. The SMILES string of the molecule is C[C@H]([C@H](O)c1csc2ccccc12)N1CCC(OCc2ccccc2)CC1. The smallest absolute Gasteiger partial charge is 0.0956 e. The fourth-order valence-electron chi connectivity index (χ4n) is 3.92. The van der Waals surface area contributed by atoms with Crippen LogP contribution < -0.4 is 0 Å². The number of likely N-dealkylation sites (tertiary alicyclic amines) is 1. The Bertz CT molecular complexity index is 855. The van der Waals surface area contributed by atoms with E-state index in [1.807, 2.05) is 12.1 Å². The first-order valence-corrected chi connectivity index (χ1v) is 10.6. The van der Waals surface area contributed by atoms with Crippen LogP contribution in [0.5, 0.6) is 0 Å². The first-order chi connectivity index (χ1) is 13.2. The Kier molecular flexibility index (Phi) is 5.89. The second-order valence-electron chi connectivity index (χ2n) is 7.40. The van der Waals surface area contributed by atoms with Gasteiger partial charge in [-0.15, -0.1) is 11.3 Å². The summed E-state index contributed by atoms with van der Waals surface area (Å²) in [4.78, 5) is 2.40. The predicted molar refractivity (Wildman–Crippen MR) is 112 cm³/mol. The second-order valence-corrected chi connectivity index (χ2v) is 8.32. The monoisotopic (exact) mass is 381 g/mol. The highest BCUT2D eigenvalue weighted by atomic mass is 32.1. The molecule has 2 atom stereocenters. The third-order valence-corrected chi connectivity index (χ3v) is 6.65. The number of ether oxygens (including phenoxy) is 1. The molecule has 2 heterocycles. The van der Waals surface area contributed by atoms with E-state index in [-0.39, 0.29) is 6.04 Å². The van der Waals surface area contributed by atoms with Crippen molar-refractivity contribution in [2.24, 2.45) is 0 Å². The van der Waals surface area contributed by atoms with Crippen LogP contribution in [0, 0.1) is 0 Å². The van der Waals surface area contributed by atoms with Crippen molar-refractivity contribution in [1.29, 1.82) is 0 Å². The van der Waals surface area contributed by atoms with Crippen LogP contribution in [0.15, 0.2) is 60.0 Å². The lowest BCUT2D eigenvalue weighted by Crippen LogP contribution is -2.44. The molecular formula is C23H27NO2S. The van der Waals surface area contributed by atoms with Gasteiger partial charge >= 0.3 is 0 Å². The van der Waals surface area contributed by atoms with Crippen LogP contribution >= 0.6 is 11.3 Å². The predicted octanol–water partition coefficient (Wildman–Crippen LogP) is 5.00. The number of hydrogen-bond donors (Lipinski definition) is 1. The highest BCUT2D eigenvalue weighted by Gasteiger charge is 2.29. The Morgan fingerprint density at radius 3 is 2.56 bits per heavy atom. The van der Waals surface area contributed by atoms with Crippen LogP contribution in [0.25, 0.3) is 10.1 Å². The molecule has 27 heavy (non-hydrogen) atoms. The van der Waals surface area contributed by atoms with E-state index < -0.39 is 6.10 Å². The van der Waals surface area contributed by atoms with Crippen molar-refractivity contribution in [3.8, 4) is 0 Å². The fraction of sp³-hybridized carbons (Fsp3) is 0.391. The molecule has 0 radical (unpaired) electrons.